The van der Waals surface area contributed by atoms with Gasteiger partial charge in [-0.05, 0) is 50.3 Å². The van der Waals surface area contributed by atoms with E-state index in [0.29, 0.717) is 0 Å². The number of hydrogen-bond donors (Lipinski definition) is 1. The minimum atomic E-state index is 0.829. The van der Waals surface area contributed by atoms with Crippen LogP contribution in [0, 0.1) is 0 Å². The summed E-state index contributed by atoms with van der Waals surface area (Å²) in [5, 5.41) is 4.02. The molecule has 1 aromatic rings. The Morgan fingerprint density at radius 1 is 1.44 bits per heavy atom. The van der Waals surface area contributed by atoms with Crippen molar-refractivity contribution in [1.82, 2.24) is 10.3 Å². The summed E-state index contributed by atoms with van der Waals surface area (Å²) in [5.41, 5.74) is 1.31. The SMILES string of the molecule is CNCc1ccnc(N2CCCC(SC)CC2)c1. The first kappa shape index (κ1) is 13.7. The van der Waals surface area contributed by atoms with E-state index in [1.165, 1.54) is 24.8 Å². The maximum Gasteiger partial charge on any atom is 0.128 e. The van der Waals surface area contributed by atoms with Gasteiger partial charge in [-0.25, -0.2) is 4.98 Å². The number of anilines is 1. The van der Waals surface area contributed by atoms with E-state index in [4.69, 9.17) is 0 Å². The Balaban J connectivity index is 2.03. The number of hydrogen-bond acceptors (Lipinski definition) is 4. The van der Waals surface area contributed by atoms with Crippen LogP contribution in [0.5, 0.6) is 0 Å². The van der Waals surface area contributed by atoms with Gasteiger partial charge >= 0.3 is 0 Å². The van der Waals surface area contributed by atoms with Crippen LogP contribution in [-0.2, 0) is 6.54 Å². The molecule has 100 valence electrons. The first-order valence-electron chi connectivity index (χ1n) is 6.70. The van der Waals surface area contributed by atoms with Crippen molar-refractivity contribution in [3.8, 4) is 0 Å². The summed E-state index contributed by atoms with van der Waals surface area (Å²) in [6.07, 6.45) is 8.06. The van der Waals surface area contributed by atoms with E-state index in [0.717, 1.165) is 30.7 Å². The molecule has 1 aliphatic rings. The van der Waals surface area contributed by atoms with E-state index in [1.807, 2.05) is 25.0 Å². The van der Waals surface area contributed by atoms with Crippen LogP contribution in [0.15, 0.2) is 18.3 Å². The number of rotatable bonds is 4. The van der Waals surface area contributed by atoms with Gasteiger partial charge in [0.15, 0.2) is 0 Å². The normalized spacial score (nSPS) is 20.8. The van der Waals surface area contributed by atoms with Crippen molar-refractivity contribution in [2.45, 2.75) is 31.1 Å². The van der Waals surface area contributed by atoms with Gasteiger partial charge in [0.25, 0.3) is 0 Å². The molecule has 0 saturated carbocycles. The molecule has 4 heteroatoms. The van der Waals surface area contributed by atoms with Crippen LogP contribution in [0.4, 0.5) is 5.82 Å². The second kappa shape index (κ2) is 7.00. The Labute approximate surface area is 114 Å². The predicted molar refractivity (Wildman–Crippen MR) is 80.4 cm³/mol. The van der Waals surface area contributed by atoms with Crippen molar-refractivity contribution >= 4 is 17.6 Å². The second-order valence-electron chi connectivity index (χ2n) is 4.83. The van der Waals surface area contributed by atoms with Gasteiger partial charge in [-0.3, -0.25) is 0 Å². The summed E-state index contributed by atoms with van der Waals surface area (Å²) >= 11 is 2.01. The first-order chi connectivity index (χ1) is 8.83. The number of aromatic nitrogens is 1. The van der Waals surface area contributed by atoms with E-state index >= 15 is 0 Å². The Kier molecular flexibility index (Phi) is 5.32. The van der Waals surface area contributed by atoms with E-state index in [-0.39, 0.29) is 0 Å². The Morgan fingerprint density at radius 2 is 2.33 bits per heavy atom. The molecular weight excluding hydrogens is 242 g/mol. The van der Waals surface area contributed by atoms with Crippen molar-refractivity contribution in [3.63, 3.8) is 0 Å². The van der Waals surface area contributed by atoms with Gasteiger partial charge in [-0.1, -0.05) is 0 Å². The van der Waals surface area contributed by atoms with Crippen LogP contribution in [-0.4, -0.2) is 36.6 Å². The summed E-state index contributed by atoms with van der Waals surface area (Å²) in [6.45, 7) is 3.20. The monoisotopic (exact) mass is 265 g/mol. The van der Waals surface area contributed by atoms with Gasteiger partial charge in [0.1, 0.15) is 5.82 Å². The Hall–Kier alpha value is -0.740. The molecule has 0 spiro atoms. The van der Waals surface area contributed by atoms with Crippen molar-refractivity contribution in [1.29, 1.82) is 0 Å². The zero-order valence-corrected chi connectivity index (χ0v) is 12.2. The minimum Gasteiger partial charge on any atom is -0.357 e. The van der Waals surface area contributed by atoms with Gasteiger partial charge in [-0.2, -0.15) is 11.8 Å². The van der Waals surface area contributed by atoms with Gasteiger partial charge in [-0.15, -0.1) is 0 Å². The zero-order valence-electron chi connectivity index (χ0n) is 11.4. The van der Waals surface area contributed by atoms with Crippen LogP contribution >= 0.6 is 11.8 Å². The third-order valence-corrected chi connectivity index (χ3v) is 4.66. The summed E-state index contributed by atoms with van der Waals surface area (Å²) in [7, 11) is 1.98. The third-order valence-electron chi connectivity index (χ3n) is 3.52. The van der Waals surface area contributed by atoms with Crippen LogP contribution in [0.25, 0.3) is 0 Å². The highest BCUT2D eigenvalue weighted by atomic mass is 32.2. The molecule has 1 aromatic heterocycles. The summed E-state index contributed by atoms with van der Waals surface area (Å²) in [4.78, 5) is 6.97. The molecule has 1 N–H and O–H groups in total. The molecule has 0 amide bonds. The molecule has 0 radical (unpaired) electrons. The largest absolute Gasteiger partial charge is 0.357 e. The number of nitrogens with zero attached hydrogens (tertiary/aromatic N) is 2. The van der Waals surface area contributed by atoms with E-state index in [2.05, 4.69) is 33.6 Å². The van der Waals surface area contributed by atoms with Gasteiger partial charge in [0, 0.05) is 31.1 Å². The van der Waals surface area contributed by atoms with Crippen molar-refractivity contribution < 1.29 is 0 Å². The summed E-state index contributed by atoms with van der Waals surface area (Å²) in [5.74, 6) is 1.14. The molecule has 1 unspecified atom stereocenters. The molecule has 2 heterocycles. The lowest BCUT2D eigenvalue weighted by molar-refractivity contribution is 0.745. The molecule has 18 heavy (non-hydrogen) atoms. The highest BCUT2D eigenvalue weighted by Gasteiger charge is 2.17. The molecule has 0 aromatic carbocycles. The average Bonchev–Trinajstić information content (AvgIpc) is 2.65. The van der Waals surface area contributed by atoms with Crippen molar-refractivity contribution in [2.24, 2.45) is 0 Å². The molecule has 1 saturated heterocycles. The molecule has 0 bridgehead atoms. The zero-order chi connectivity index (χ0) is 12.8. The number of pyridine rings is 1. The van der Waals surface area contributed by atoms with Gasteiger partial charge in [0.2, 0.25) is 0 Å². The van der Waals surface area contributed by atoms with Crippen molar-refractivity contribution in [2.75, 3.05) is 31.3 Å². The fourth-order valence-corrected chi connectivity index (χ4v) is 3.22. The lowest BCUT2D eigenvalue weighted by Gasteiger charge is -2.22. The lowest BCUT2D eigenvalue weighted by Crippen LogP contribution is -2.25. The molecule has 1 aliphatic heterocycles. The first-order valence-corrected chi connectivity index (χ1v) is 7.99. The number of thioether (sulfide) groups is 1. The fraction of sp³-hybridized carbons (Fsp3) is 0.643. The smallest absolute Gasteiger partial charge is 0.128 e. The van der Waals surface area contributed by atoms with E-state index in [9.17, 15) is 0 Å². The maximum atomic E-state index is 4.53. The van der Waals surface area contributed by atoms with E-state index in [1.54, 1.807) is 0 Å². The van der Waals surface area contributed by atoms with Gasteiger partial charge in [0.05, 0.1) is 0 Å². The topological polar surface area (TPSA) is 28.2 Å². The maximum absolute atomic E-state index is 4.53. The molecule has 1 fully saturated rings. The summed E-state index contributed by atoms with van der Waals surface area (Å²) < 4.78 is 0. The van der Waals surface area contributed by atoms with Crippen LogP contribution in [0.2, 0.25) is 0 Å². The van der Waals surface area contributed by atoms with Gasteiger partial charge < -0.3 is 10.2 Å². The number of nitrogens with one attached hydrogen (secondary N) is 1. The minimum absolute atomic E-state index is 0.829. The quantitative estimate of drug-likeness (QED) is 0.905. The molecule has 2 rings (SSSR count). The summed E-state index contributed by atoms with van der Waals surface area (Å²) in [6, 6.07) is 4.30. The lowest BCUT2D eigenvalue weighted by atomic mass is 10.2. The standard InChI is InChI=1S/C14H23N3S/c1-15-11-12-5-7-16-14(10-12)17-8-3-4-13(18-2)6-9-17/h5,7,10,13,15H,3-4,6,8-9,11H2,1-2H3. The highest BCUT2D eigenvalue weighted by Crippen LogP contribution is 2.24. The molecule has 0 aliphatic carbocycles. The Bertz CT molecular complexity index is 370. The fourth-order valence-electron chi connectivity index (χ4n) is 2.48. The molecule has 3 nitrogen and oxygen atoms in total. The van der Waals surface area contributed by atoms with Crippen LogP contribution < -0.4 is 10.2 Å². The highest BCUT2D eigenvalue weighted by molar-refractivity contribution is 7.99. The Morgan fingerprint density at radius 3 is 3.11 bits per heavy atom. The molecular formula is C14H23N3S. The third kappa shape index (κ3) is 3.62. The predicted octanol–water partition coefficient (Wildman–Crippen LogP) is 2.52. The van der Waals surface area contributed by atoms with E-state index < -0.39 is 0 Å². The van der Waals surface area contributed by atoms with Crippen LogP contribution in [0.1, 0.15) is 24.8 Å². The second-order valence-corrected chi connectivity index (χ2v) is 5.97. The van der Waals surface area contributed by atoms with Crippen LogP contribution in [0.3, 0.4) is 0 Å². The molecule has 1 atom stereocenters. The van der Waals surface area contributed by atoms with Crippen molar-refractivity contribution in [3.05, 3.63) is 23.9 Å². The average molecular weight is 265 g/mol.